The average Bonchev–Trinajstić information content (AvgIpc) is 2.85. The van der Waals surface area contributed by atoms with Gasteiger partial charge >= 0.3 is 0 Å². The summed E-state index contributed by atoms with van der Waals surface area (Å²) in [5.41, 5.74) is 1.75. The number of ether oxygens (including phenoxy) is 1. The zero-order valence-electron chi connectivity index (χ0n) is 10.7. The lowest BCUT2D eigenvalue weighted by Crippen LogP contribution is -1.93. The van der Waals surface area contributed by atoms with Gasteiger partial charge in [0.15, 0.2) is 5.65 Å². The Morgan fingerprint density at radius 1 is 1.25 bits per heavy atom. The van der Waals surface area contributed by atoms with Crippen LogP contribution in [-0.2, 0) is 0 Å². The Hall–Kier alpha value is -2.14. The van der Waals surface area contributed by atoms with E-state index >= 15 is 0 Å². The van der Waals surface area contributed by atoms with Crippen molar-refractivity contribution in [2.75, 3.05) is 6.61 Å². The van der Waals surface area contributed by atoms with Crippen LogP contribution in [0.3, 0.4) is 0 Å². The summed E-state index contributed by atoms with van der Waals surface area (Å²) >= 11 is 5.96. The molecule has 3 rings (SSSR count). The fourth-order valence-corrected chi connectivity index (χ4v) is 2.13. The van der Waals surface area contributed by atoms with Crippen LogP contribution in [0.1, 0.15) is 6.92 Å². The second-order valence-corrected chi connectivity index (χ2v) is 4.52. The van der Waals surface area contributed by atoms with Gasteiger partial charge in [-0.1, -0.05) is 17.7 Å². The number of benzene rings is 1. The summed E-state index contributed by atoms with van der Waals surface area (Å²) in [6.07, 6.45) is 0. The van der Waals surface area contributed by atoms with Crippen molar-refractivity contribution in [1.29, 1.82) is 0 Å². The molecule has 1 N–H and O–H groups in total. The topological polar surface area (TPSA) is 50.8 Å². The van der Waals surface area contributed by atoms with Crippen LogP contribution in [0, 0.1) is 5.82 Å². The molecule has 3 aromatic rings. The Labute approximate surface area is 119 Å². The molecular weight excluding hydrogens is 281 g/mol. The second-order valence-electron chi connectivity index (χ2n) is 4.14. The standard InChI is InChI=1S/C14H11ClFN3O/c1-2-20-11-7-6-10-14(18-11)19-13(17-10)8-4-3-5-9(16)12(8)15/h3-7H,2H2,1H3,(H,17,18,19). The Morgan fingerprint density at radius 3 is 2.90 bits per heavy atom. The van der Waals surface area contributed by atoms with E-state index in [4.69, 9.17) is 16.3 Å². The van der Waals surface area contributed by atoms with Gasteiger partial charge in [-0.2, -0.15) is 4.98 Å². The van der Waals surface area contributed by atoms with Crippen LogP contribution in [0.25, 0.3) is 22.6 Å². The van der Waals surface area contributed by atoms with Gasteiger partial charge in [-0.25, -0.2) is 9.37 Å². The van der Waals surface area contributed by atoms with Crippen molar-refractivity contribution >= 4 is 22.8 Å². The van der Waals surface area contributed by atoms with Crippen LogP contribution in [-0.4, -0.2) is 21.6 Å². The lowest BCUT2D eigenvalue weighted by molar-refractivity contribution is 0.328. The number of fused-ring (bicyclic) bond motifs is 1. The van der Waals surface area contributed by atoms with Crippen molar-refractivity contribution in [3.63, 3.8) is 0 Å². The Kier molecular flexibility index (Phi) is 3.28. The highest BCUT2D eigenvalue weighted by Gasteiger charge is 2.12. The van der Waals surface area contributed by atoms with Crippen LogP contribution < -0.4 is 4.74 Å². The van der Waals surface area contributed by atoms with Gasteiger partial charge in [0.25, 0.3) is 0 Å². The molecule has 0 aliphatic rings. The Morgan fingerprint density at radius 2 is 2.10 bits per heavy atom. The number of aromatic nitrogens is 3. The summed E-state index contributed by atoms with van der Waals surface area (Å²) in [5, 5.41) is 0.0385. The van der Waals surface area contributed by atoms with Gasteiger partial charge in [-0.15, -0.1) is 0 Å². The summed E-state index contributed by atoms with van der Waals surface area (Å²) in [6, 6.07) is 8.16. The molecule has 0 atom stereocenters. The number of imidazole rings is 1. The van der Waals surface area contributed by atoms with Crippen molar-refractivity contribution < 1.29 is 9.13 Å². The number of hydrogen-bond acceptors (Lipinski definition) is 3. The van der Waals surface area contributed by atoms with Crippen molar-refractivity contribution in [2.45, 2.75) is 6.92 Å². The molecule has 0 unspecified atom stereocenters. The maximum absolute atomic E-state index is 13.5. The van der Waals surface area contributed by atoms with E-state index < -0.39 is 5.82 Å². The lowest BCUT2D eigenvalue weighted by Gasteiger charge is -2.00. The molecule has 102 valence electrons. The molecular formula is C14H11ClFN3O. The number of pyridine rings is 1. The summed E-state index contributed by atoms with van der Waals surface area (Å²) in [6.45, 7) is 2.42. The molecule has 0 radical (unpaired) electrons. The number of H-pyrrole nitrogens is 1. The van der Waals surface area contributed by atoms with Crippen LogP contribution in [0.4, 0.5) is 4.39 Å². The Balaban J connectivity index is 2.10. The van der Waals surface area contributed by atoms with Gasteiger partial charge in [-0.3, -0.25) is 0 Å². The van der Waals surface area contributed by atoms with Crippen LogP contribution >= 0.6 is 11.6 Å². The predicted octanol–water partition coefficient (Wildman–Crippen LogP) is 3.82. The third kappa shape index (κ3) is 2.20. The first-order chi connectivity index (χ1) is 9.69. The maximum Gasteiger partial charge on any atom is 0.215 e. The molecule has 2 aromatic heterocycles. The minimum Gasteiger partial charge on any atom is -0.478 e. The summed E-state index contributed by atoms with van der Waals surface area (Å²) in [5.74, 6) is 0.502. The first kappa shape index (κ1) is 12.9. The van der Waals surface area contributed by atoms with E-state index in [-0.39, 0.29) is 5.02 Å². The van der Waals surface area contributed by atoms with E-state index in [2.05, 4.69) is 15.0 Å². The van der Waals surface area contributed by atoms with Gasteiger partial charge in [0.2, 0.25) is 5.88 Å². The van der Waals surface area contributed by atoms with Gasteiger partial charge in [0, 0.05) is 11.6 Å². The molecule has 0 amide bonds. The molecule has 0 bridgehead atoms. The highest BCUT2D eigenvalue weighted by atomic mass is 35.5. The van der Waals surface area contributed by atoms with Gasteiger partial charge < -0.3 is 9.72 Å². The fourth-order valence-electron chi connectivity index (χ4n) is 1.92. The molecule has 0 aliphatic heterocycles. The average molecular weight is 292 g/mol. The molecule has 20 heavy (non-hydrogen) atoms. The fraction of sp³-hybridized carbons (Fsp3) is 0.143. The summed E-state index contributed by atoms with van der Waals surface area (Å²) in [7, 11) is 0. The Bertz CT molecular complexity index is 772. The number of aromatic amines is 1. The number of hydrogen-bond donors (Lipinski definition) is 1. The molecule has 6 heteroatoms. The third-order valence-corrected chi connectivity index (χ3v) is 3.20. The molecule has 0 fully saturated rings. The lowest BCUT2D eigenvalue weighted by atomic mass is 10.2. The predicted molar refractivity (Wildman–Crippen MR) is 75.5 cm³/mol. The molecule has 1 aromatic carbocycles. The first-order valence-corrected chi connectivity index (χ1v) is 6.50. The molecule has 0 saturated carbocycles. The van der Waals surface area contributed by atoms with E-state index in [1.807, 2.05) is 13.0 Å². The molecule has 0 spiro atoms. The van der Waals surface area contributed by atoms with Crippen molar-refractivity contribution in [3.05, 3.63) is 41.2 Å². The van der Waals surface area contributed by atoms with Crippen LogP contribution in [0.15, 0.2) is 30.3 Å². The third-order valence-electron chi connectivity index (χ3n) is 2.82. The monoisotopic (exact) mass is 291 g/mol. The zero-order valence-corrected chi connectivity index (χ0v) is 11.4. The van der Waals surface area contributed by atoms with E-state index in [0.717, 1.165) is 5.52 Å². The maximum atomic E-state index is 13.5. The normalized spacial score (nSPS) is 10.9. The molecule has 4 nitrogen and oxygen atoms in total. The number of nitrogens with zero attached hydrogens (tertiary/aromatic N) is 2. The van der Waals surface area contributed by atoms with Gasteiger partial charge in [-0.05, 0) is 25.1 Å². The van der Waals surface area contributed by atoms with Crippen LogP contribution in [0.5, 0.6) is 5.88 Å². The van der Waals surface area contributed by atoms with Crippen molar-refractivity contribution in [2.24, 2.45) is 0 Å². The van der Waals surface area contributed by atoms with Crippen molar-refractivity contribution in [1.82, 2.24) is 15.0 Å². The summed E-state index contributed by atoms with van der Waals surface area (Å²) in [4.78, 5) is 11.7. The largest absolute Gasteiger partial charge is 0.478 e. The van der Waals surface area contributed by atoms with Gasteiger partial charge in [0.1, 0.15) is 11.6 Å². The SMILES string of the molecule is CCOc1ccc2[nH]c(-c3cccc(F)c3Cl)nc2n1. The van der Waals surface area contributed by atoms with E-state index in [1.54, 1.807) is 18.2 Å². The molecule has 2 heterocycles. The number of rotatable bonds is 3. The quantitative estimate of drug-likeness (QED) is 0.798. The van der Waals surface area contributed by atoms with E-state index in [1.165, 1.54) is 6.07 Å². The molecule has 0 aliphatic carbocycles. The van der Waals surface area contributed by atoms with Crippen molar-refractivity contribution in [3.8, 4) is 17.3 Å². The minimum atomic E-state index is -0.479. The highest BCUT2D eigenvalue weighted by molar-refractivity contribution is 6.33. The number of nitrogens with one attached hydrogen (secondary N) is 1. The first-order valence-electron chi connectivity index (χ1n) is 6.13. The van der Waals surface area contributed by atoms with Gasteiger partial charge in [0.05, 0.1) is 17.1 Å². The van der Waals surface area contributed by atoms with E-state index in [9.17, 15) is 4.39 Å². The smallest absolute Gasteiger partial charge is 0.215 e. The van der Waals surface area contributed by atoms with E-state index in [0.29, 0.717) is 29.5 Å². The minimum absolute atomic E-state index is 0.0385. The zero-order chi connectivity index (χ0) is 14.1. The highest BCUT2D eigenvalue weighted by Crippen LogP contribution is 2.29. The summed E-state index contributed by atoms with van der Waals surface area (Å²) < 4.78 is 18.8. The molecule has 0 saturated heterocycles. The number of halogens is 2. The van der Waals surface area contributed by atoms with Crippen LogP contribution in [0.2, 0.25) is 5.02 Å². The second kappa shape index (κ2) is 5.09.